The van der Waals surface area contributed by atoms with Crippen LogP contribution in [0.15, 0.2) is 78.2 Å². The van der Waals surface area contributed by atoms with Crippen molar-refractivity contribution in [1.29, 1.82) is 0 Å². The first-order valence-electron chi connectivity index (χ1n) is 13.2. The highest BCUT2D eigenvalue weighted by molar-refractivity contribution is 7.79. The topological polar surface area (TPSA) is 140 Å². The highest BCUT2D eigenvalue weighted by Gasteiger charge is 2.15. The number of aromatic carboxylic acids is 1. The summed E-state index contributed by atoms with van der Waals surface area (Å²) >= 11 is 1.56. The van der Waals surface area contributed by atoms with Crippen LogP contribution >= 0.6 is 11.3 Å². The summed E-state index contributed by atoms with van der Waals surface area (Å²) in [6.45, 7) is 0.802. The number of carbonyl (C=O) groups is 1. The summed E-state index contributed by atoms with van der Waals surface area (Å²) in [5, 5.41) is 15.5. The third-order valence-electron chi connectivity index (χ3n) is 7.01. The Morgan fingerprint density at radius 1 is 0.951 bits per heavy atom. The van der Waals surface area contributed by atoms with Crippen LogP contribution in [0.1, 0.15) is 59.5 Å². The Kier molecular flexibility index (Phi) is 10.1. The maximum absolute atomic E-state index is 11.1. The second kappa shape index (κ2) is 13.7. The molecule has 1 heterocycles. The highest BCUT2D eigenvalue weighted by Crippen LogP contribution is 2.33. The third kappa shape index (κ3) is 9.12. The van der Waals surface area contributed by atoms with E-state index in [-0.39, 0.29) is 5.56 Å². The number of nitrogens with one attached hydrogen (secondary N) is 1. The molecule has 1 saturated carbocycles. The molecule has 11 heteroatoms. The van der Waals surface area contributed by atoms with Gasteiger partial charge in [-0.2, -0.15) is 8.42 Å². The number of hydrogen-bond donors (Lipinski definition) is 4. The molecule has 3 aromatic carbocycles. The molecule has 0 spiro atoms. The number of hydrogen-bond acceptors (Lipinski definition) is 7. The predicted octanol–water partition coefficient (Wildman–Crippen LogP) is 7.28. The molecule has 1 aliphatic rings. The van der Waals surface area contributed by atoms with E-state index in [1.807, 2.05) is 17.3 Å². The fourth-order valence-electron chi connectivity index (χ4n) is 4.80. The number of anilines is 3. The van der Waals surface area contributed by atoms with Crippen molar-refractivity contribution in [3.05, 3.63) is 94.9 Å². The van der Waals surface area contributed by atoms with Gasteiger partial charge in [-0.25, -0.2) is 9.78 Å². The molecule has 1 aromatic heterocycles. The molecular weight excluding hydrogens is 562 g/mol. The lowest BCUT2D eigenvalue weighted by Gasteiger charge is -2.22. The summed E-state index contributed by atoms with van der Waals surface area (Å²) in [7, 11) is -2.73. The maximum Gasteiger partial charge on any atom is 0.394 e. The number of nitrogens with zero attached hydrogens (tertiary/aromatic N) is 2. The fraction of sp³-hybridized carbons (Fsp3) is 0.267. The van der Waals surface area contributed by atoms with Gasteiger partial charge < -0.3 is 15.3 Å². The normalized spacial score (nSPS) is 13.6. The Balaban J connectivity index is 0.000000714. The molecular formula is C30H33N3O6S2. The van der Waals surface area contributed by atoms with Crippen LogP contribution in [0.25, 0.3) is 11.3 Å². The van der Waals surface area contributed by atoms with Gasteiger partial charge in [-0.1, -0.05) is 55.7 Å². The first-order valence-corrected chi connectivity index (χ1v) is 15.5. The SMILES string of the molecule is CN(c1ccc(C(=O)O)cc1)c1nc(-c2ccc(NCc3ccc(C4CCCCC4)cc3)cc2)cs1.O=S(=O)(O)O. The number of rotatable bonds is 8. The Bertz CT molecular complexity index is 1520. The largest absolute Gasteiger partial charge is 0.478 e. The van der Waals surface area contributed by atoms with Crippen molar-refractivity contribution < 1.29 is 27.4 Å². The van der Waals surface area contributed by atoms with E-state index in [1.165, 1.54) is 43.2 Å². The Morgan fingerprint density at radius 3 is 2.15 bits per heavy atom. The second-order valence-corrected chi connectivity index (χ2v) is 11.6. The summed E-state index contributed by atoms with van der Waals surface area (Å²) in [5.41, 5.74) is 7.03. The van der Waals surface area contributed by atoms with E-state index >= 15 is 0 Å². The number of thiazole rings is 1. The zero-order valence-corrected chi connectivity index (χ0v) is 24.2. The van der Waals surface area contributed by atoms with E-state index in [1.54, 1.807) is 35.6 Å². The summed E-state index contributed by atoms with van der Waals surface area (Å²) in [6.07, 6.45) is 6.79. The minimum Gasteiger partial charge on any atom is -0.478 e. The molecule has 5 rings (SSSR count). The summed E-state index contributed by atoms with van der Waals surface area (Å²) in [4.78, 5) is 17.8. The maximum atomic E-state index is 11.1. The lowest BCUT2D eigenvalue weighted by molar-refractivity contribution is 0.0697. The molecule has 4 N–H and O–H groups in total. The van der Waals surface area contributed by atoms with Gasteiger partial charge in [0.2, 0.25) is 0 Å². The average Bonchev–Trinajstić information content (AvgIpc) is 3.46. The van der Waals surface area contributed by atoms with Crippen LogP contribution in [0.2, 0.25) is 0 Å². The van der Waals surface area contributed by atoms with Gasteiger partial charge in [0.05, 0.1) is 11.3 Å². The molecule has 0 bridgehead atoms. The van der Waals surface area contributed by atoms with Crippen LogP contribution in [0.5, 0.6) is 0 Å². The fourth-order valence-corrected chi connectivity index (χ4v) is 5.62. The predicted molar refractivity (Wildman–Crippen MR) is 163 cm³/mol. The number of carboxylic acids is 1. The number of benzene rings is 3. The monoisotopic (exact) mass is 595 g/mol. The van der Waals surface area contributed by atoms with Crippen LogP contribution in [0, 0.1) is 0 Å². The summed E-state index contributed by atoms with van der Waals surface area (Å²) in [6, 6.07) is 24.3. The van der Waals surface area contributed by atoms with Crippen LogP contribution in [0.3, 0.4) is 0 Å². The Hall–Kier alpha value is -3.77. The number of carboxylic acid groups (broad SMARTS) is 1. The Morgan fingerprint density at radius 2 is 1.56 bits per heavy atom. The average molecular weight is 596 g/mol. The summed E-state index contributed by atoms with van der Waals surface area (Å²) in [5.74, 6) is -0.178. The van der Waals surface area contributed by atoms with Gasteiger partial charge >= 0.3 is 16.4 Å². The minimum atomic E-state index is -4.67. The molecule has 1 aliphatic carbocycles. The quantitative estimate of drug-likeness (QED) is 0.155. The van der Waals surface area contributed by atoms with Crippen LogP contribution in [-0.2, 0) is 16.9 Å². The van der Waals surface area contributed by atoms with Crippen LogP contribution in [0.4, 0.5) is 16.5 Å². The van der Waals surface area contributed by atoms with Gasteiger partial charge in [-0.15, -0.1) is 11.3 Å². The van der Waals surface area contributed by atoms with Gasteiger partial charge in [-0.3, -0.25) is 9.11 Å². The van der Waals surface area contributed by atoms with E-state index < -0.39 is 16.4 Å². The lowest BCUT2D eigenvalue weighted by Crippen LogP contribution is -2.09. The molecule has 0 radical (unpaired) electrons. The molecule has 9 nitrogen and oxygen atoms in total. The van der Waals surface area contributed by atoms with Crippen molar-refractivity contribution in [3.63, 3.8) is 0 Å². The number of aromatic nitrogens is 1. The molecule has 0 saturated heterocycles. The van der Waals surface area contributed by atoms with E-state index in [0.29, 0.717) is 0 Å². The van der Waals surface area contributed by atoms with Crippen molar-refractivity contribution in [2.24, 2.45) is 0 Å². The van der Waals surface area contributed by atoms with E-state index in [0.717, 1.165) is 40.2 Å². The molecule has 41 heavy (non-hydrogen) atoms. The molecule has 1 fully saturated rings. The molecule has 4 aromatic rings. The zero-order valence-electron chi connectivity index (χ0n) is 22.6. The Labute approximate surface area is 244 Å². The summed E-state index contributed by atoms with van der Waals surface area (Å²) < 4.78 is 31.6. The van der Waals surface area contributed by atoms with Gasteiger partial charge in [0.25, 0.3) is 0 Å². The van der Waals surface area contributed by atoms with Gasteiger partial charge in [0, 0.05) is 35.9 Å². The first kappa shape index (κ1) is 30.2. The third-order valence-corrected chi connectivity index (χ3v) is 7.93. The smallest absolute Gasteiger partial charge is 0.394 e. The molecule has 0 unspecified atom stereocenters. The molecule has 0 amide bonds. The van der Waals surface area contributed by atoms with E-state index in [2.05, 4.69) is 53.8 Å². The molecule has 0 atom stereocenters. The van der Waals surface area contributed by atoms with E-state index in [9.17, 15) is 4.79 Å². The minimum absolute atomic E-state index is 0.275. The van der Waals surface area contributed by atoms with Crippen molar-refractivity contribution in [1.82, 2.24) is 4.98 Å². The molecule has 0 aliphatic heterocycles. The highest BCUT2D eigenvalue weighted by atomic mass is 32.3. The second-order valence-electron chi connectivity index (χ2n) is 9.88. The van der Waals surface area contributed by atoms with Crippen LogP contribution < -0.4 is 10.2 Å². The van der Waals surface area contributed by atoms with Gasteiger partial charge in [0.15, 0.2) is 5.13 Å². The van der Waals surface area contributed by atoms with Gasteiger partial charge in [0.1, 0.15) is 0 Å². The van der Waals surface area contributed by atoms with Gasteiger partial charge in [-0.05, 0) is 66.3 Å². The van der Waals surface area contributed by atoms with Crippen molar-refractivity contribution in [3.8, 4) is 11.3 Å². The standard InChI is InChI=1S/C30H31N3O2S.H2O4S/c1-33(27-17-13-25(14-18-27)29(34)35)30-32-28(20-36-30)24-11-15-26(16-12-24)31-19-21-7-9-23(10-8-21)22-5-3-2-4-6-22;1-5(2,3)4/h7-18,20,22,31H,2-6,19H2,1H3,(H,34,35);(H2,1,2,3,4). The lowest BCUT2D eigenvalue weighted by atomic mass is 9.84. The molecule has 216 valence electrons. The zero-order chi connectivity index (χ0) is 29.4. The first-order chi connectivity index (χ1) is 19.6. The van der Waals surface area contributed by atoms with Crippen LogP contribution in [-0.4, -0.2) is 40.6 Å². The van der Waals surface area contributed by atoms with Crippen molar-refractivity contribution in [2.45, 2.75) is 44.6 Å². The van der Waals surface area contributed by atoms with Crippen molar-refractivity contribution >= 4 is 44.2 Å². The van der Waals surface area contributed by atoms with E-state index in [4.69, 9.17) is 27.6 Å². The van der Waals surface area contributed by atoms with Crippen molar-refractivity contribution in [2.75, 3.05) is 17.3 Å².